The first kappa shape index (κ1) is 14.9. The number of carboxylic acid groups (broad SMARTS) is 1. The monoisotopic (exact) mass is 284 g/mol. The van der Waals surface area contributed by atoms with E-state index in [9.17, 15) is 20.1 Å². The standard InChI is InChI=1S/C13H16O7/c14-5-8-9(15)10(16)11(17)12(20-8)6-3-1-2-4-7(6)13(18)19/h1-4,8-12,14-17H,5H2,(H,18,19)/t8-,9-,10+,11-,12+/m1/s1. The van der Waals surface area contributed by atoms with Crippen molar-refractivity contribution >= 4 is 5.97 Å². The molecule has 7 heteroatoms. The average molecular weight is 284 g/mol. The van der Waals surface area contributed by atoms with Crippen molar-refractivity contribution < 1.29 is 35.1 Å². The van der Waals surface area contributed by atoms with Crippen molar-refractivity contribution in [3.8, 4) is 0 Å². The van der Waals surface area contributed by atoms with Gasteiger partial charge in [0.25, 0.3) is 0 Å². The second kappa shape index (κ2) is 5.86. The van der Waals surface area contributed by atoms with Gasteiger partial charge in [-0.05, 0) is 11.6 Å². The van der Waals surface area contributed by atoms with E-state index in [-0.39, 0.29) is 11.1 Å². The molecule has 0 aromatic heterocycles. The quantitative estimate of drug-likeness (QED) is 0.476. The normalized spacial score (nSPS) is 33.9. The number of aliphatic hydroxyl groups is 4. The molecule has 1 aromatic carbocycles. The van der Waals surface area contributed by atoms with Gasteiger partial charge in [-0.2, -0.15) is 0 Å². The molecule has 1 heterocycles. The molecule has 1 aliphatic rings. The van der Waals surface area contributed by atoms with Gasteiger partial charge in [0.1, 0.15) is 30.5 Å². The Balaban J connectivity index is 2.39. The van der Waals surface area contributed by atoms with E-state index in [1.165, 1.54) is 18.2 Å². The van der Waals surface area contributed by atoms with Gasteiger partial charge in [0, 0.05) is 0 Å². The molecule has 0 saturated carbocycles. The van der Waals surface area contributed by atoms with E-state index in [1.54, 1.807) is 6.07 Å². The van der Waals surface area contributed by atoms with E-state index in [0.717, 1.165) is 0 Å². The SMILES string of the molecule is O=C(O)c1ccccc1[C@@H]1O[C@H](CO)[C@@H](O)[C@H](O)[C@H]1O. The molecule has 0 spiro atoms. The van der Waals surface area contributed by atoms with E-state index in [1.807, 2.05) is 0 Å². The number of benzene rings is 1. The van der Waals surface area contributed by atoms with E-state index >= 15 is 0 Å². The van der Waals surface area contributed by atoms with Crippen molar-refractivity contribution in [1.29, 1.82) is 0 Å². The van der Waals surface area contributed by atoms with Crippen LogP contribution in [0.3, 0.4) is 0 Å². The number of hydrogen-bond acceptors (Lipinski definition) is 6. The number of aromatic carboxylic acids is 1. The first-order valence-corrected chi connectivity index (χ1v) is 6.10. The van der Waals surface area contributed by atoms with Crippen LogP contribution in [0.2, 0.25) is 0 Å². The minimum Gasteiger partial charge on any atom is -0.478 e. The van der Waals surface area contributed by atoms with E-state index in [0.29, 0.717) is 0 Å². The van der Waals surface area contributed by atoms with Crippen LogP contribution in [0.5, 0.6) is 0 Å². The summed E-state index contributed by atoms with van der Waals surface area (Å²) in [5.41, 5.74) is 0.105. The molecular weight excluding hydrogens is 268 g/mol. The summed E-state index contributed by atoms with van der Waals surface area (Å²) in [5.74, 6) is -1.20. The summed E-state index contributed by atoms with van der Waals surface area (Å²) in [6.45, 7) is -0.559. The average Bonchev–Trinajstić information content (AvgIpc) is 2.45. The van der Waals surface area contributed by atoms with Crippen molar-refractivity contribution in [1.82, 2.24) is 0 Å². The molecule has 0 amide bonds. The molecule has 0 bridgehead atoms. The van der Waals surface area contributed by atoms with Crippen LogP contribution in [0, 0.1) is 0 Å². The molecule has 20 heavy (non-hydrogen) atoms. The molecule has 1 aliphatic heterocycles. The lowest BCUT2D eigenvalue weighted by Gasteiger charge is -2.40. The van der Waals surface area contributed by atoms with Crippen LogP contribution in [-0.2, 0) is 4.74 Å². The van der Waals surface area contributed by atoms with Crippen molar-refractivity contribution in [3.63, 3.8) is 0 Å². The highest BCUT2D eigenvalue weighted by Gasteiger charge is 2.44. The summed E-state index contributed by atoms with van der Waals surface area (Å²) in [6, 6.07) is 5.90. The third-order valence-corrected chi connectivity index (χ3v) is 3.39. The Morgan fingerprint density at radius 3 is 2.35 bits per heavy atom. The molecule has 110 valence electrons. The molecule has 0 radical (unpaired) electrons. The molecule has 0 aliphatic carbocycles. The Hall–Kier alpha value is -1.51. The van der Waals surface area contributed by atoms with Crippen LogP contribution in [0.15, 0.2) is 24.3 Å². The van der Waals surface area contributed by atoms with Gasteiger partial charge in [-0.15, -0.1) is 0 Å². The zero-order valence-corrected chi connectivity index (χ0v) is 10.5. The maximum Gasteiger partial charge on any atom is 0.336 e. The van der Waals surface area contributed by atoms with Crippen molar-refractivity contribution in [2.45, 2.75) is 30.5 Å². The van der Waals surface area contributed by atoms with E-state index < -0.39 is 43.1 Å². The molecular formula is C13H16O7. The highest BCUT2D eigenvalue weighted by Crippen LogP contribution is 2.33. The topological polar surface area (TPSA) is 127 Å². The maximum atomic E-state index is 11.2. The smallest absolute Gasteiger partial charge is 0.336 e. The van der Waals surface area contributed by atoms with Gasteiger partial charge in [-0.25, -0.2) is 4.79 Å². The van der Waals surface area contributed by atoms with Crippen LogP contribution in [0.4, 0.5) is 0 Å². The van der Waals surface area contributed by atoms with Crippen LogP contribution in [0.25, 0.3) is 0 Å². The van der Waals surface area contributed by atoms with Gasteiger partial charge in [-0.1, -0.05) is 18.2 Å². The lowest BCUT2D eigenvalue weighted by atomic mass is 9.89. The fourth-order valence-electron chi connectivity index (χ4n) is 2.30. The number of aliphatic hydroxyl groups excluding tert-OH is 4. The summed E-state index contributed by atoms with van der Waals surface area (Å²) in [6.07, 6.45) is -6.71. The highest BCUT2D eigenvalue weighted by molar-refractivity contribution is 5.89. The van der Waals surface area contributed by atoms with Crippen molar-refractivity contribution in [3.05, 3.63) is 35.4 Å². The Kier molecular flexibility index (Phi) is 4.36. The van der Waals surface area contributed by atoms with Gasteiger partial charge < -0.3 is 30.3 Å². The Morgan fingerprint density at radius 2 is 1.75 bits per heavy atom. The van der Waals surface area contributed by atoms with Crippen molar-refractivity contribution in [2.75, 3.05) is 6.61 Å². The van der Waals surface area contributed by atoms with Crippen LogP contribution in [0.1, 0.15) is 22.0 Å². The third kappa shape index (κ3) is 2.54. The molecule has 1 fully saturated rings. The Morgan fingerprint density at radius 1 is 1.10 bits per heavy atom. The zero-order chi connectivity index (χ0) is 14.9. The Bertz CT molecular complexity index is 487. The fraction of sp³-hybridized carbons (Fsp3) is 0.462. The number of rotatable bonds is 3. The van der Waals surface area contributed by atoms with Crippen LogP contribution in [-0.4, -0.2) is 62.5 Å². The van der Waals surface area contributed by atoms with Gasteiger partial charge in [0.15, 0.2) is 0 Å². The van der Waals surface area contributed by atoms with Crippen molar-refractivity contribution in [2.24, 2.45) is 0 Å². The lowest BCUT2D eigenvalue weighted by Crippen LogP contribution is -2.55. The number of carbonyl (C=O) groups is 1. The van der Waals surface area contributed by atoms with Gasteiger partial charge in [0.05, 0.1) is 12.2 Å². The number of hydrogen-bond donors (Lipinski definition) is 5. The molecule has 1 aromatic rings. The lowest BCUT2D eigenvalue weighted by molar-refractivity contribution is -0.231. The first-order chi connectivity index (χ1) is 9.47. The summed E-state index contributed by atoms with van der Waals surface area (Å²) in [4.78, 5) is 11.2. The minimum absolute atomic E-state index is 0.0724. The van der Waals surface area contributed by atoms with E-state index in [2.05, 4.69) is 0 Å². The molecule has 7 nitrogen and oxygen atoms in total. The maximum absolute atomic E-state index is 11.2. The number of ether oxygens (including phenoxy) is 1. The second-order valence-electron chi connectivity index (χ2n) is 4.64. The van der Waals surface area contributed by atoms with E-state index in [4.69, 9.17) is 14.9 Å². The summed E-state index contributed by atoms with van der Waals surface area (Å²) in [5, 5.41) is 47.6. The predicted octanol–water partition coefficient (Wildman–Crippen LogP) is -1.10. The molecule has 1 saturated heterocycles. The van der Waals surface area contributed by atoms with Gasteiger partial charge in [-0.3, -0.25) is 0 Å². The Labute approximate surface area is 114 Å². The fourth-order valence-corrected chi connectivity index (χ4v) is 2.30. The summed E-state index contributed by atoms with van der Waals surface area (Å²) in [7, 11) is 0. The molecule has 5 N–H and O–H groups in total. The van der Waals surface area contributed by atoms with Crippen LogP contribution >= 0.6 is 0 Å². The molecule has 0 unspecified atom stereocenters. The summed E-state index contributed by atoms with van der Waals surface area (Å²) >= 11 is 0. The minimum atomic E-state index is -1.53. The second-order valence-corrected chi connectivity index (χ2v) is 4.64. The highest BCUT2D eigenvalue weighted by atomic mass is 16.5. The van der Waals surface area contributed by atoms with Crippen LogP contribution < -0.4 is 0 Å². The first-order valence-electron chi connectivity index (χ1n) is 6.10. The molecule has 2 rings (SSSR count). The number of carboxylic acids is 1. The largest absolute Gasteiger partial charge is 0.478 e. The predicted molar refractivity (Wildman–Crippen MR) is 66.1 cm³/mol. The third-order valence-electron chi connectivity index (χ3n) is 3.39. The van der Waals surface area contributed by atoms with Gasteiger partial charge in [0.2, 0.25) is 0 Å². The molecule has 5 atom stereocenters. The zero-order valence-electron chi connectivity index (χ0n) is 10.5. The summed E-state index contributed by atoms with van der Waals surface area (Å²) < 4.78 is 5.33. The van der Waals surface area contributed by atoms with Gasteiger partial charge >= 0.3 is 5.97 Å².